The highest BCUT2D eigenvalue weighted by molar-refractivity contribution is 7.88. The first kappa shape index (κ1) is 16.9. The van der Waals surface area contributed by atoms with Gasteiger partial charge in [-0.15, -0.1) is 0 Å². The maximum atomic E-state index is 13.2. The molecule has 1 fully saturated rings. The van der Waals surface area contributed by atoms with Crippen molar-refractivity contribution in [2.75, 3.05) is 19.3 Å². The summed E-state index contributed by atoms with van der Waals surface area (Å²) in [5.41, 5.74) is 0.573. The first-order valence-electron chi connectivity index (χ1n) is 7.18. The van der Waals surface area contributed by atoms with Gasteiger partial charge in [-0.25, -0.2) is 17.1 Å². The van der Waals surface area contributed by atoms with E-state index in [9.17, 15) is 17.6 Å². The number of nitrogens with zero attached hydrogens (tertiary/aromatic N) is 1. The minimum absolute atomic E-state index is 0.146. The van der Waals surface area contributed by atoms with Crippen molar-refractivity contribution < 1.29 is 22.3 Å². The predicted octanol–water partition coefficient (Wildman–Crippen LogP) is 2.10. The molecule has 0 aromatic heterocycles. The molecule has 122 valence electrons. The van der Waals surface area contributed by atoms with Crippen molar-refractivity contribution in [2.45, 2.75) is 25.9 Å². The molecule has 5 nitrogen and oxygen atoms in total. The van der Waals surface area contributed by atoms with E-state index in [-0.39, 0.29) is 12.4 Å². The number of benzene rings is 1. The van der Waals surface area contributed by atoms with Crippen molar-refractivity contribution in [3.63, 3.8) is 0 Å². The Kier molecular flexibility index (Phi) is 5.18. The number of hydrogen-bond acceptors (Lipinski definition) is 4. The van der Waals surface area contributed by atoms with Crippen molar-refractivity contribution >= 4 is 16.0 Å². The molecule has 0 saturated carbocycles. The van der Waals surface area contributed by atoms with E-state index < -0.39 is 28.0 Å². The van der Waals surface area contributed by atoms with E-state index in [0.29, 0.717) is 24.9 Å². The summed E-state index contributed by atoms with van der Waals surface area (Å²) in [6, 6.07) is 5.89. The third-order valence-corrected chi connectivity index (χ3v) is 5.07. The van der Waals surface area contributed by atoms with Crippen LogP contribution >= 0.6 is 0 Å². The quantitative estimate of drug-likeness (QED) is 0.794. The van der Waals surface area contributed by atoms with Crippen LogP contribution in [0.5, 0.6) is 0 Å². The van der Waals surface area contributed by atoms with E-state index in [1.54, 1.807) is 19.1 Å². The maximum Gasteiger partial charge on any atom is 0.310 e. The van der Waals surface area contributed by atoms with Gasteiger partial charge >= 0.3 is 5.97 Å². The molecule has 0 aliphatic carbocycles. The number of ether oxygens (including phenoxy) is 1. The van der Waals surface area contributed by atoms with Crippen molar-refractivity contribution in [1.29, 1.82) is 0 Å². The lowest BCUT2D eigenvalue weighted by Gasteiger charge is -2.30. The lowest BCUT2D eigenvalue weighted by Crippen LogP contribution is -2.42. The Morgan fingerprint density at radius 2 is 2.18 bits per heavy atom. The first-order valence-corrected chi connectivity index (χ1v) is 9.03. The van der Waals surface area contributed by atoms with E-state index in [0.717, 1.165) is 6.26 Å². The monoisotopic (exact) mass is 329 g/mol. The predicted molar refractivity (Wildman–Crippen MR) is 80.0 cm³/mol. The zero-order valence-corrected chi connectivity index (χ0v) is 13.5. The van der Waals surface area contributed by atoms with Gasteiger partial charge in [0, 0.05) is 13.1 Å². The smallest absolute Gasteiger partial charge is 0.310 e. The van der Waals surface area contributed by atoms with Crippen LogP contribution in [-0.4, -0.2) is 38.0 Å². The second-order valence-electron chi connectivity index (χ2n) is 5.59. The molecule has 7 heteroatoms. The highest BCUT2D eigenvalue weighted by Crippen LogP contribution is 2.24. The Bertz CT molecular complexity index is 647. The standard InChI is InChI=1S/C15H20FNO4S/c1-11(12-5-3-7-14(16)9-12)21-15(18)13-6-4-8-17(10-13)22(2,19)20/h3,5,7,9,11,13H,4,6,8,10H2,1-2H3/t11-,13+/m0/s1. The number of carbonyl (C=O) groups excluding carboxylic acids is 1. The molecule has 0 bridgehead atoms. The van der Waals surface area contributed by atoms with Crippen molar-refractivity contribution in [2.24, 2.45) is 5.92 Å². The van der Waals surface area contributed by atoms with Crippen LogP contribution < -0.4 is 0 Å². The molecule has 1 saturated heterocycles. The Labute approximate surface area is 130 Å². The minimum atomic E-state index is -3.30. The molecule has 0 radical (unpaired) electrons. The van der Waals surface area contributed by atoms with Crippen LogP contribution in [-0.2, 0) is 19.6 Å². The number of piperidine rings is 1. The Hall–Kier alpha value is -1.47. The van der Waals surface area contributed by atoms with Crippen molar-refractivity contribution in [3.05, 3.63) is 35.6 Å². The van der Waals surface area contributed by atoms with Crippen LogP contribution in [0.15, 0.2) is 24.3 Å². The summed E-state index contributed by atoms with van der Waals surface area (Å²) < 4.78 is 43.0. The van der Waals surface area contributed by atoms with Gasteiger partial charge in [0.15, 0.2) is 0 Å². The van der Waals surface area contributed by atoms with Gasteiger partial charge in [0.05, 0.1) is 12.2 Å². The van der Waals surface area contributed by atoms with E-state index in [1.807, 2.05) is 0 Å². The second-order valence-corrected chi connectivity index (χ2v) is 7.58. The fourth-order valence-corrected chi connectivity index (χ4v) is 3.45. The first-order chi connectivity index (χ1) is 10.3. The normalized spacial score (nSPS) is 21.3. The van der Waals surface area contributed by atoms with Gasteiger partial charge in [0.1, 0.15) is 11.9 Å². The largest absolute Gasteiger partial charge is 0.458 e. The van der Waals surface area contributed by atoms with Crippen LogP contribution in [0.2, 0.25) is 0 Å². The van der Waals surface area contributed by atoms with Gasteiger partial charge in [0.2, 0.25) is 10.0 Å². The zero-order valence-electron chi connectivity index (χ0n) is 12.7. The Balaban J connectivity index is 1.99. The van der Waals surface area contributed by atoms with Gasteiger partial charge in [-0.2, -0.15) is 0 Å². The molecule has 22 heavy (non-hydrogen) atoms. The summed E-state index contributed by atoms with van der Waals surface area (Å²) in [4.78, 5) is 12.2. The van der Waals surface area contributed by atoms with Crippen LogP contribution in [0.4, 0.5) is 4.39 Å². The van der Waals surface area contributed by atoms with Crippen LogP contribution in [0.1, 0.15) is 31.4 Å². The molecule has 0 N–H and O–H groups in total. The minimum Gasteiger partial charge on any atom is -0.458 e. The summed E-state index contributed by atoms with van der Waals surface area (Å²) in [5.74, 6) is -1.30. The molecule has 0 amide bonds. The highest BCUT2D eigenvalue weighted by Gasteiger charge is 2.32. The molecule has 2 rings (SSSR count). The molecule has 1 aromatic rings. The number of halogens is 1. The second kappa shape index (κ2) is 6.75. The van der Waals surface area contributed by atoms with Gasteiger partial charge < -0.3 is 4.74 Å². The fourth-order valence-electron chi connectivity index (χ4n) is 2.53. The molecular weight excluding hydrogens is 309 g/mol. The third kappa shape index (κ3) is 4.27. The SMILES string of the molecule is C[C@H](OC(=O)[C@@H]1CCCN(S(C)(=O)=O)C1)c1cccc(F)c1. The van der Waals surface area contributed by atoms with Crippen molar-refractivity contribution in [3.8, 4) is 0 Å². The third-order valence-electron chi connectivity index (χ3n) is 3.80. The summed E-state index contributed by atoms with van der Waals surface area (Å²) in [5, 5.41) is 0. The number of carbonyl (C=O) groups is 1. The van der Waals surface area contributed by atoms with Crippen LogP contribution in [0.25, 0.3) is 0 Å². The van der Waals surface area contributed by atoms with E-state index in [2.05, 4.69) is 0 Å². The number of esters is 1. The van der Waals surface area contributed by atoms with Gasteiger partial charge in [-0.3, -0.25) is 4.79 Å². The average molecular weight is 329 g/mol. The summed E-state index contributed by atoms with van der Waals surface area (Å²) in [6.45, 7) is 2.25. The van der Waals surface area contributed by atoms with E-state index >= 15 is 0 Å². The Morgan fingerprint density at radius 1 is 1.45 bits per heavy atom. The molecule has 1 aliphatic heterocycles. The van der Waals surface area contributed by atoms with Crippen LogP contribution in [0, 0.1) is 11.7 Å². The molecule has 1 heterocycles. The maximum absolute atomic E-state index is 13.2. The summed E-state index contributed by atoms with van der Waals surface area (Å²) >= 11 is 0. The topological polar surface area (TPSA) is 63.7 Å². The molecule has 2 atom stereocenters. The van der Waals surface area contributed by atoms with Gasteiger partial charge in [-0.1, -0.05) is 12.1 Å². The summed E-state index contributed by atoms with van der Waals surface area (Å²) in [6.07, 6.45) is 1.79. The van der Waals surface area contributed by atoms with Gasteiger partial charge in [-0.05, 0) is 37.5 Å². The lowest BCUT2D eigenvalue weighted by molar-refractivity contribution is -0.154. The summed E-state index contributed by atoms with van der Waals surface area (Å²) in [7, 11) is -3.30. The zero-order chi connectivity index (χ0) is 16.3. The van der Waals surface area contributed by atoms with E-state index in [4.69, 9.17) is 4.74 Å². The molecule has 1 aliphatic rings. The van der Waals surface area contributed by atoms with E-state index in [1.165, 1.54) is 16.4 Å². The average Bonchev–Trinajstić information content (AvgIpc) is 2.46. The molecule has 0 spiro atoms. The lowest BCUT2D eigenvalue weighted by atomic mass is 10.00. The fraction of sp³-hybridized carbons (Fsp3) is 0.533. The highest BCUT2D eigenvalue weighted by atomic mass is 32.2. The number of hydrogen-bond donors (Lipinski definition) is 0. The molecular formula is C15H20FNO4S. The molecule has 1 aromatic carbocycles. The Morgan fingerprint density at radius 3 is 2.82 bits per heavy atom. The molecule has 0 unspecified atom stereocenters. The number of sulfonamides is 1. The van der Waals surface area contributed by atoms with Crippen LogP contribution in [0.3, 0.4) is 0 Å². The number of rotatable bonds is 4. The van der Waals surface area contributed by atoms with Gasteiger partial charge in [0.25, 0.3) is 0 Å². The van der Waals surface area contributed by atoms with Crippen molar-refractivity contribution in [1.82, 2.24) is 4.31 Å².